The van der Waals surface area contributed by atoms with Crippen LogP contribution in [-0.2, 0) is 13.0 Å². The van der Waals surface area contributed by atoms with Crippen molar-refractivity contribution in [1.29, 1.82) is 0 Å². The third-order valence-electron chi connectivity index (χ3n) is 8.98. The van der Waals surface area contributed by atoms with Crippen molar-refractivity contribution < 1.29 is 8.83 Å². The largest absolute Gasteiger partial charge is 0.456 e. The smallest absolute Gasteiger partial charge is 0.136 e. The van der Waals surface area contributed by atoms with E-state index < -0.39 is 0 Å². The summed E-state index contributed by atoms with van der Waals surface area (Å²) in [6, 6.07) is 56.7. The van der Waals surface area contributed by atoms with Crippen LogP contribution in [0.15, 0.2) is 179 Å². The molecule has 0 unspecified atom stereocenters. The van der Waals surface area contributed by atoms with Crippen molar-refractivity contribution in [3.63, 3.8) is 0 Å². The van der Waals surface area contributed by atoms with E-state index in [4.69, 9.17) is 14.6 Å². The minimum Gasteiger partial charge on any atom is -0.456 e. The first-order valence-corrected chi connectivity index (χ1v) is 16.6. The molecule has 0 aliphatic rings. The topological polar surface area (TPSA) is 52.3 Å². The highest BCUT2D eigenvalue weighted by Gasteiger charge is 2.15. The first-order chi connectivity index (χ1) is 24.2. The van der Waals surface area contributed by atoms with E-state index in [0.717, 1.165) is 61.4 Å². The second-order valence-corrected chi connectivity index (χ2v) is 12.2. The Morgan fingerprint density at radius 2 is 0.898 bits per heavy atom. The first kappa shape index (κ1) is 30.2. The molecular formula is C46H35NO2. The highest BCUT2D eigenvalue weighted by Crippen LogP contribution is 2.39. The van der Waals surface area contributed by atoms with E-state index in [0.29, 0.717) is 6.54 Å². The SMILES string of the molecule is C(=C\c1cccc(-c2ccc3c(c2)oc2cc4c(cc23)oc2cc(-c3ccccc3)ccc24)c1)/Cc1ccccc1.NCc1ccccc1. The molecular weight excluding hydrogens is 599 g/mol. The molecule has 0 atom stereocenters. The Labute approximate surface area is 285 Å². The van der Waals surface area contributed by atoms with Crippen molar-refractivity contribution in [3.8, 4) is 22.3 Å². The third kappa shape index (κ3) is 6.40. The molecule has 0 bridgehead atoms. The molecule has 49 heavy (non-hydrogen) atoms. The quantitative estimate of drug-likeness (QED) is 0.198. The molecule has 9 rings (SSSR count). The highest BCUT2D eigenvalue weighted by atomic mass is 16.3. The van der Waals surface area contributed by atoms with Gasteiger partial charge in [0.05, 0.1) is 0 Å². The maximum Gasteiger partial charge on any atom is 0.136 e. The molecule has 0 amide bonds. The van der Waals surface area contributed by atoms with Gasteiger partial charge in [-0.2, -0.15) is 0 Å². The van der Waals surface area contributed by atoms with Gasteiger partial charge in [-0.25, -0.2) is 0 Å². The van der Waals surface area contributed by atoms with E-state index in [-0.39, 0.29) is 0 Å². The van der Waals surface area contributed by atoms with Gasteiger partial charge in [0.15, 0.2) is 0 Å². The minimum absolute atomic E-state index is 0.640. The van der Waals surface area contributed by atoms with E-state index in [1.807, 2.05) is 36.4 Å². The van der Waals surface area contributed by atoms with Gasteiger partial charge in [-0.15, -0.1) is 0 Å². The second kappa shape index (κ2) is 13.5. The van der Waals surface area contributed by atoms with Gasteiger partial charge in [0.1, 0.15) is 22.3 Å². The summed E-state index contributed by atoms with van der Waals surface area (Å²) in [4.78, 5) is 0. The Balaban J connectivity index is 0.000000385. The molecule has 0 aliphatic carbocycles. The van der Waals surface area contributed by atoms with Crippen LogP contribution in [0.5, 0.6) is 0 Å². The molecule has 7 aromatic carbocycles. The van der Waals surface area contributed by atoms with Gasteiger partial charge in [-0.3, -0.25) is 0 Å². The summed E-state index contributed by atoms with van der Waals surface area (Å²) in [6.07, 6.45) is 5.33. The van der Waals surface area contributed by atoms with Gasteiger partial charge in [0, 0.05) is 28.1 Å². The van der Waals surface area contributed by atoms with Crippen molar-refractivity contribution in [2.24, 2.45) is 5.73 Å². The van der Waals surface area contributed by atoms with Gasteiger partial charge in [0.2, 0.25) is 0 Å². The van der Waals surface area contributed by atoms with E-state index >= 15 is 0 Å². The summed E-state index contributed by atoms with van der Waals surface area (Å²) in [5.41, 5.74) is 17.2. The zero-order chi connectivity index (χ0) is 33.0. The molecule has 236 valence electrons. The predicted octanol–water partition coefficient (Wildman–Crippen LogP) is 12.2. The van der Waals surface area contributed by atoms with Crippen LogP contribution in [0.2, 0.25) is 0 Å². The lowest BCUT2D eigenvalue weighted by molar-refractivity contribution is 0.664. The lowest BCUT2D eigenvalue weighted by atomic mass is 10.0. The second-order valence-electron chi connectivity index (χ2n) is 12.2. The van der Waals surface area contributed by atoms with Crippen molar-refractivity contribution >= 4 is 50.0 Å². The number of furan rings is 2. The maximum absolute atomic E-state index is 6.42. The fourth-order valence-corrected chi connectivity index (χ4v) is 6.42. The zero-order valence-corrected chi connectivity index (χ0v) is 27.1. The Morgan fingerprint density at radius 3 is 1.47 bits per heavy atom. The molecule has 9 aromatic rings. The van der Waals surface area contributed by atoms with Crippen molar-refractivity contribution in [2.45, 2.75) is 13.0 Å². The normalized spacial score (nSPS) is 11.4. The van der Waals surface area contributed by atoms with Crippen LogP contribution in [0.25, 0.3) is 72.2 Å². The minimum atomic E-state index is 0.640. The summed E-state index contributed by atoms with van der Waals surface area (Å²) >= 11 is 0. The van der Waals surface area contributed by atoms with Gasteiger partial charge in [-0.1, -0.05) is 133 Å². The fourth-order valence-electron chi connectivity index (χ4n) is 6.42. The number of fused-ring (bicyclic) bond motifs is 6. The standard InChI is InChI=1S/C39H26O2.C7H9N/c1-3-9-26(10-4-1)11-7-12-27-13-8-16-29(21-27)31-18-20-33-35-25-38-34(24-39(35)41-37(33)23-31)32-19-17-30(22-36(32)40-38)28-14-5-2-6-15-28;8-6-7-4-2-1-3-5-7/h1-10,12-25H,11H2;1-5H,6,8H2/b12-7+;. The molecule has 3 nitrogen and oxygen atoms in total. The van der Waals surface area contributed by atoms with Crippen molar-refractivity contribution in [3.05, 3.63) is 187 Å². The zero-order valence-electron chi connectivity index (χ0n) is 27.1. The molecule has 2 aromatic heterocycles. The van der Waals surface area contributed by atoms with Gasteiger partial charge < -0.3 is 14.6 Å². The molecule has 3 heteroatoms. The molecule has 0 spiro atoms. The molecule has 0 fully saturated rings. The van der Waals surface area contributed by atoms with Crippen LogP contribution in [0, 0.1) is 0 Å². The Bertz CT molecular complexity index is 2540. The predicted molar refractivity (Wildman–Crippen MR) is 205 cm³/mol. The van der Waals surface area contributed by atoms with E-state index in [9.17, 15) is 0 Å². The highest BCUT2D eigenvalue weighted by molar-refractivity contribution is 6.15. The maximum atomic E-state index is 6.42. The molecule has 0 saturated heterocycles. The summed E-state index contributed by atoms with van der Waals surface area (Å²) in [6.45, 7) is 0.640. The number of hydrogen-bond donors (Lipinski definition) is 1. The summed E-state index contributed by atoms with van der Waals surface area (Å²) in [5.74, 6) is 0. The summed E-state index contributed by atoms with van der Waals surface area (Å²) in [5, 5.41) is 4.33. The molecule has 2 N–H and O–H groups in total. The molecule has 0 radical (unpaired) electrons. The Morgan fingerprint density at radius 1 is 0.408 bits per heavy atom. The van der Waals surface area contributed by atoms with Crippen LogP contribution < -0.4 is 5.73 Å². The van der Waals surface area contributed by atoms with Crippen LogP contribution in [0.1, 0.15) is 16.7 Å². The number of benzene rings is 7. The molecule has 0 aliphatic heterocycles. The van der Waals surface area contributed by atoms with E-state index in [1.165, 1.54) is 27.8 Å². The average Bonchev–Trinajstić information content (AvgIpc) is 3.71. The Hall–Kier alpha value is -6.16. The van der Waals surface area contributed by atoms with Crippen LogP contribution in [0.3, 0.4) is 0 Å². The number of allylic oxidation sites excluding steroid dienone is 1. The van der Waals surface area contributed by atoms with Crippen LogP contribution in [0.4, 0.5) is 0 Å². The fraction of sp³-hybridized carbons (Fsp3) is 0.0435. The first-order valence-electron chi connectivity index (χ1n) is 16.6. The number of rotatable bonds is 6. The van der Waals surface area contributed by atoms with Gasteiger partial charge in [-0.05, 0) is 87.8 Å². The van der Waals surface area contributed by atoms with Gasteiger partial charge in [0.25, 0.3) is 0 Å². The third-order valence-corrected chi connectivity index (χ3v) is 8.98. The summed E-state index contributed by atoms with van der Waals surface area (Å²) in [7, 11) is 0. The van der Waals surface area contributed by atoms with Gasteiger partial charge >= 0.3 is 0 Å². The molecule has 2 heterocycles. The van der Waals surface area contributed by atoms with Crippen molar-refractivity contribution in [1.82, 2.24) is 0 Å². The Kier molecular flexibility index (Phi) is 8.33. The van der Waals surface area contributed by atoms with E-state index in [2.05, 4.69) is 140 Å². The number of hydrogen-bond acceptors (Lipinski definition) is 3. The van der Waals surface area contributed by atoms with Crippen LogP contribution in [-0.4, -0.2) is 0 Å². The molecule has 0 saturated carbocycles. The summed E-state index contributed by atoms with van der Waals surface area (Å²) < 4.78 is 12.8. The van der Waals surface area contributed by atoms with Crippen LogP contribution >= 0.6 is 0 Å². The van der Waals surface area contributed by atoms with E-state index in [1.54, 1.807) is 0 Å². The average molecular weight is 634 g/mol. The van der Waals surface area contributed by atoms with Crippen molar-refractivity contribution in [2.75, 3.05) is 0 Å². The monoisotopic (exact) mass is 633 g/mol. The number of nitrogens with two attached hydrogens (primary N) is 1. The lowest BCUT2D eigenvalue weighted by Gasteiger charge is -2.03. The lowest BCUT2D eigenvalue weighted by Crippen LogP contribution is -1.94.